The number of nitrogens with zero attached hydrogens (tertiary/aromatic N) is 16. The molecule has 0 bridgehead atoms. The molecule has 0 spiro atoms. The molecule has 4 aliphatic rings. The summed E-state index contributed by atoms with van der Waals surface area (Å²) >= 11 is 25.5. The molecule has 8 heterocycles. The van der Waals surface area contributed by atoms with E-state index < -0.39 is 75.1 Å². The minimum atomic E-state index is -0.851. The van der Waals surface area contributed by atoms with E-state index in [1.165, 1.54) is 122 Å². The van der Waals surface area contributed by atoms with E-state index in [4.69, 9.17) is 46.4 Å². The summed E-state index contributed by atoms with van der Waals surface area (Å²) in [7, 11) is 0. The fourth-order valence-electron chi connectivity index (χ4n) is 16.7. The zero-order chi connectivity index (χ0) is 91.6. The van der Waals surface area contributed by atoms with Crippen LogP contribution in [-0.4, -0.2) is 205 Å². The zero-order valence-electron chi connectivity index (χ0n) is 69.1. The monoisotopic (exact) mass is 1820 g/mol. The Morgan fingerprint density at radius 1 is 0.394 bits per heavy atom. The van der Waals surface area contributed by atoms with Crippen LogP contribution in [0.3, 0.4) is 0 Å². The Morgan fingerprint density at radius 2 is 0.693 bits per heavy atom. The van der Waals surface area contributed by atoms with Gasteiger partial charge in [-0.15, -0.1) is 0 Å². The Hall–Kier alpha value is -13.0. The first-order chi connectivity index (χ1) is 60.6. The second-order valence-corrected chi connectivity index (χ2v) is 32.5. The van der Waals surface area contributed by atoms with Gasteiger partial charge in [-0.05, 0) is 138 Å². The van der Waals surface area contributed by atoms with Crippen molar-refractivity contribution in [3.8, 4) is 67.5 Å². The number of amides is 4. The van der Waals surface area contributed by atoms with Gasteiger partial charge >= 0.3 is 0 Å². The van der Waals surface area contributed by atoms with Gasteiger partial charge in [-0.1, -0.05) is 104 Å². The van der Waals surface area contributed by atoms with Crippen molar-refractivity contribution >= 4 is 137 Å². The summed E-state index contributed by atoms with van der Waals surface area (Å²) in [5, 5.41) is 41.6. The molecular weight excluding hydrogens is 1740 g/mol. The van der Waals surface area contributed by atoms with Crippen LogP contribution in [0.25, 0.3) is 88.1 Å². The van der Waals surface area contributed by atoms with Gasteiger partial charge < -0.3 is 59.6 Å². The van der Waals surface area contributed by atoms with E-state index in [9.17, 15) is 57.2 Å². The van der Waals surface area contributed by atoms with Crippen molar-refractivity contribution in [1.82, 2.24) is 59.5 Å². The Kier molecular flexibility index (Phi) is 27.4. The number of aromatic hydroxyl groups is 4. The van der Waals surface area contributed by atoms with E-state index in [2.05, 4.69) is 66.2 Å². The molecule has 4 amide bonds. The first kappa shape index (κ1) is 91.7. The minimum absolute atomic E-state index is 0.0327. The molecule has 24 nitrogen and oxygen atoms in total. The molecule has 4 atom stereocenters. The number of carbonyl (C=O) groups excluding carboxylic acids is 4. The van der Waals surface area contributed by atoms with Crippen molar-refractivity contribution < 1.29 is 74.7 Å². The Balaban J connectivity index is 0.000000145. The van der Waals surface area contributed by atoms with E-state index in [1.54, 1.807) is 19.6 Å². The predicted octanol–water partition coefficient (Wildman–Crippen LogP) is 17.8. The van der Waals surface area contributed by atoms with Gasteiger partial charge in [0.05, 0.1) is 47.9 Å². The molecule has 2 unspecified atom stereocenters. The number of fused-ring (bicyclic) bond motifs is 4. The molecule has 4 saturated heterocycles. The second kappa shape index (κ2) is 38.0. The highest BCUT2D eigenvalue weighted by Gasteiger charge is 2.40. The molecule has 658 valence electrons. The molecule has 127 heavy (non-hydrogen) atoms. The van der Waals surface area contributed by atoms with E-state index in [1.807, 2.05) is 61.1 Å². The molecule has 0 aliphatic carbocycles. The number of anilines is 4. The fraction of sp³-hybridized carbons (Fsp3) is 0.253. The van der Waals surface area contributed by atoms with Crippen LogP contribution in [-0.2, 0) is 19.2 Å². The average Bonchev–Trinajstić information content (AvgIpc) is 0.761. The lowest BCUT2D eigenvalue weighted by Gasteiger charge is -2.47. The molecule has 12 aromatic rings. The summed E-state index contributed by atoms with van der Waals surface area (Å²) in [4.78, 5) is 96.9. The van der Waals surface area contributed by atoms with Crippen LogP contribution in [0.1, 0.15) is 48.0 Å². The largest absolute Gasteiger partial charge is 0.507 e. The molecule has 4 N–H and O–H groups in total. The van der Waals surface area contributed by atoms with Crippen molar-refractivity contribution in [2.75, 3.05) is 91.6 Å². The van der Waals surface area contributed by atoms with Crippen molar-refractivity contribution in [3.05, 3.63) is 240 Å². The van der Waals surface area contributed by atoms with E-state index >= 15 is 17.6 Å². The van der Waals surface area contributed by atoms with E-state index in [0.29, 0.717) is 117 Å². The first-order valence-corrected chi connectivity index (χ1v) is 41.3. The maximum Gasteiger partial charge on any atom is 0.246 e. The number of aromatic nitrogens is 8. The van der Waals surface area contributed by atoms with Gasteiger partial charge in [-0.3, -0.25) is 19.2 Å². The van der Waals surface area contributed by atoms with Crippen LogP contribution in [0.5, 0.6) is 23.0 Å². The highest BCUT2D eigenvalue weighted by atomic mass is 35.5. The summed E-state index contributed by atoms with van der Waals surface area (Å²) < 4.78 is 120. The lowest BCUT2D eigenvalue weighted by Crippen LogP contribution is -2.61. The highest BCUT2D eigenvalue weighted by Crippen LogP contribution is 2.48. The quantitative estimate of drug-likeness (QED) is 0.0616. The summed E-state index contributed by atoms with van der Waals surface area (Å²) in [5.41, 5.74) is -3.01. The van der Waals surface area contributed by atoms with Crippen LogP contribution in [0.15, 0.2) is 173 Å². The minimum Gasteiger partial charge on any atom is -0.507 e. The van der Waals surface area contributed by atoms with E-state index in [0.717, 1.165) is 30.7 Å². The van der Waals surface area contributed by atoms with E-state index in [-0.39, 0.29) is 134 Å². The fourth-order valence-corrected chi connectivity index (χ4v) is 17.9. The smallest absolute Gasteiger partial charge is 0.246 e. The van der Waals surface area contributed by atoms with Gasteiger partial charge in [0.2, 0.25) is 23.6 Å². The van der Waals surface area contributed by atoms with Gasteiger partial charge in [0.25, 0.3) is 0 Å². The molecule has 4 aromatic heterocycles. The maximum absolute atomic E-state index is 15.6. The first-order valence-electron chi connectivity index (χ1n) is 39.8. The predicted molar refractivity (Wildman–Crippen MR) is 474 cm³/mol. The zero-order valence-corrected chi connectivity index (χ0v) is 72.1. The Bertz CT molecular complexity index is 6170. The van der Waals surface area contributed by atoms with Crippen LogP contribution in [0, 0.1) is 46.5 Å². The van der Waals surface area contributed by atoms with Crippen molar-refractivity contribution in [1.29, 1.82) is 0 Å². The molecule has 36 heteroatoms. The number of rotatable bonds is 13. The Morgan fingerprint density at radius 3 is 1.01 bits per heavy atom. The Labute approximate surface area is 743 Å². The number of carbonyl (C=O) groups is 4. The summed E-state index contributed by atoms with van der Waals surface area (Å²) in [5.74, 6) is -7.02. The third kappa shape index (κ3) is 17.9. The van der Waals surface area contributed by atoms with Crippen molar-refractivity contribution in [3.63, 3.8) is 0 Å². The summed E-state index contributed by atoms with van der Waals surface area (Å²) in [6.45, 7) is 30.9. The van der Waals surface area contributed by atoms with Gasteiger partial charge in [0.15, 0.2) is 23.3 Å². The topological polar surface area (TPSA) is 278 Å². The number of benzene rings is 8. The third-order valence-corrected chi connectivity index (χ3v) is 23.7. The SMILES string of the molecule is C=CC(=O)N1CCN(c2ncnc3c(F)c(-c4c(O)cccc4F)c(Cl)cc23)CC1(C)C.C=CC(=O)N1CCN(c2ncnc3c(F)c(-c4c(O)cccc4F)c(Cl)cc23)CC1C.C=CC(=O)N1CCN(c2ncnc3c(F)c(-c4c(O)cccc4F)c(Cl)cc23)CC1CC.C=CC(=O)N1[C@H](C)CN(c2ncnc3c(F)c(-c4c(O)cccc4F)c(Cl)cc23)C[C@@H]1C. The van der Waals surface area contributed by atoms with Crippen molar-refractivity contribution in [2.24, 2.45) is 0 Å². The number of phenols is 4. The molecule has 8 aromatic carbocycles. The molecule has 0 radical (unpaired) electrons. The highest BCUT2D eigenvalue weighted by molar-refractivity contribution is 6.36. The molecule has 4 fully saturated rings. The van der Waals surface area contributed by atoms with Crippen LogP contribution >= 0.6 is 46.4 Å². The van der Waals surface area contributed by atoms with Gasteiger partial charge in [0, 0.05) is 140 Å². The summed E-state index contributed by atoms with van der Waals surface area (Å²) in [6.07, 6.45) is 10.8. The second-order valence-electron chi connectivity index (χ2n) is 30.9. The lowest BCUT2D eigenvalue weighted by atomic mass is 9.97. The van der Waals surface area contributed by atoms with Crippen LogP contribution in [0.2, 0.25) is 20.1 Å². The lowest BCUT2D eigenvalue weighted by molar-refractivity contribution is -0.132. The standard InChI is InChI=1S/3C23H21ClF2N4O2.C22H19ClF2N4O2/c1-4-18(32)30-12(2)9-29(10-13(30)3)23-14-8-15(24)19(21(26)22(14)27-11-28-23)20-16(25)6-5-7-17(20)31;1-4-17(32)30-9-8-29(11-23(30,2)3)22-13-10-14(24)18(20(26)21(13)27-12-28-22)19-15(25)6-5-7-16(19)31;1-3-13-11-29(8-9-30(13)18(32)4-2)23-14-10-15(24)19(21(26)22(14)27-12-28-23)20-16(25)6-5-7-17(20)31;1-3-17(31)29-8-7-28(10-12(29)2)22-13-9-14(23)18(20(25)21(13)26-11-27-22)19-15(24)5-4-6-16(19)30/h4-8,11-13,31H,1,9-10H2,2-3H3;4-7,10,12,31H,1,8-9,11H2,2-3H3;4-7,10,12-13,31H,2-3,8-9,11H2,1H3;3-6,9,11-12,30H,1,7-8,10H2,2H3/t12-,13+;;;. The number of hydrogen-bond donors (Lipinski definition) is 4. The van der Waals surface area contributed by atoms with Gasteiger partial charge in [0.1, 0.15) is 117 Å². The van der Waals surface area contributed by atoms with Gasteiger partial charge in [-0.2, -0.15) is 0 Å². The maximum atomic E-state index is 15.6. The molecular formula is C91H82Cl4F8N16O8. The number of phenolic OH excluding ortho intramolecular Hbond substituents is 4. The normalized spacial score (nSPS) is 16.9. The number of piperazine rings is 4. The summed E-state index contributed by atoms with van der Waals surface area (Å²) in [6, 6.07) is 20.3. The molecule has 16 rings (SSSR count). The van der Waals surface area contributed by atoms with Gasteiger partial charge in [-0.25, -0.2) is 75.0 Å². The third-order valence-electron chi connectivity index (χ3n) is 22.6. The van der Waals surface area contributed by atoms with Crippen molar-refractivity contribution in [2.45, 2.75) is 77.7 Å². The van der Waals surface area contributed by atoms with Crippen LogP contribution < -0.4 is 19.6 Å². The number of hydrogen-bond acceptors (Lipinski definition) is 20. The average molecular weight is 1820 g/mol. The number of halogens is 12. The molecule has 0 saturated carbocycles. The molecule has 4 aliphatic heterocycles. The van der Waals surface area contributed by atoms with Crippen LogP contribution in [0.4, 0.5) is 58.4 Å².